The molecule has 5 heteroatoms. The van der Waals surface area contributed by atoms with Gasteiger partial charge in [0, 0.05) is 32.8 Å². The fourth-order valence-corrected chi connectivity index (χ4v) is 2.97. The summed E-state index contributed by atoms with van der Waals surface area (Å²) in [5.74, 6) is 0.414. The fourth-order valence-electron chi connectivity index (χ4n) is 2.97. The summed E-state index contributed by atoms with van der Waals surface area (Å²) in [5.41, 5.74) is 0. The van der Waals surface area contributed by atoms with Gasteiger partial charge in [-0.15, -0.1) is 0 Å². The zero-order chi connectivity index (χ0) is 15.8. The first kappa shape index (κ1) is 18.4. The number of carbonyl (C=O) groups is 1. The van der Waals surface area contributed by atoms with Crippen molar-refractivity contribution < 1.29 is 14.3 Å². The molecule has 0 spiro atoms. The normalized spacial score (nSPS) is 25.0. The van der Waals surface area contributed by atoms with Gasteiger partial charge in [-0.1, -0.05) is 13.8 Å². The number of ether oxygens (including phenoxy) is 2. The zero-order valence-electron chi connectivity index (χ0n) is 14.2. The summed E-state index contributed by atoms with van der Waals surface area (Å²) >= 11 is 0. The maximum atomic E-state index is 12.5. The van der Waals surface area contributed by atoms with Crippen molar-refractivity contribution in [1.29, 1.82) is 0 Å². The van der Waals surface area contributed by atoms with E-state index in [1.54, 1.807) is 0 Å². The Kier molecular flexibility index (Phi) is 8.22. The number of amides is 1. The lowest BCUT2D eigenvalue weighted by Crippen LogP contribution is -2.57. The summed E-state index contributed by atoms with van der Waals surface area (Å²) in [6.45, 7) is 14.1. The van der Waals surface area contributed by atoms with Crippen molar-refractivity contribution in [1.82, 2.24) is 10.2 Å². The van der Waals surface area contributed by atoms with Crippen LogP contribution >= 0.6 is 0 Å². The minimum atomic E-state index is -0.0779. The van der Waals surface area contributed by atoms with Crippen LogP contribution in [0.25, 0.3) is 0 Å². The number of hydrogen-bond acceptors (Lipinski definition) is 4. The fraction of sp³-hybridized carbons (Fsp3) is 0.938. The minimum absolute atomic E-state index is 0.0779. The van der Waals surface area contributed by atoms with E-state index in [1.165, 1.54) is 0 Å². The van der Waals surface area contributed by atoms with Gasteiger partial charge in [0.05, 0.1) is 18.2 Å². The van der Waals surface area contributed by atoms with Crippen LogP contribution in [0.2, 0.25) is 0 Å². The van der Waals surface area contributed by atoms with Crippen LogP contribution in [-0.4, -0.2) is 61.9 Å². The van der Waals surface area contributed by atoms with Crippen molar-refractivity contribution in [2.24, 2.45) is 5.92 Å². The molecule has 124 valence electrons. The lowest BCUT2D eigenvalue weighted by atomic mass is 9.99. The Morgan fingerprint density at radius 3 is 2.48 bits per heavy atom. The highest BCUT2D eigenvalue weighted by Crippen LogP contribution is 2.18. The van der Waals surface area contributed by atoms with Crippen molar-refractivity contribution in [2.75, 3.05) is 32.8 Å². The van der Waals surface area contributed by atoms with Crippen LogP contribution in [0.1, 0.15) is 41.0 Å². The lowest BCUT2D eigenvalue weighted by molar-refractivity contribution is -0.135. The van der Waals surface area contributed by atoms with Crippen LogP contribution < -0.4 is 5.32 Å². The number of hydrogen-bond donors (Lipinski definition) is 1. The summed E-state index contributed by atoms with van der Waals surface area (Å²) < 4.78 is 11.1. The molecule has 1 saturated heterocycles. The van der Waals surface area contributed by atoms with Gasteiger partial charge >= 0.3 is 0 Å². The molecule has 0 saturated carbocycles. The van der Waals surface area contributed by atoms with Gasteiger partial charge in [0.15, 0.2) is 0 Å². The Balaban J connectivity index is 2.49. The van der Waals surface area contributed by atoms with E-state index < -0.39 is 0 Å². The van der Waals surface area contributed by atoms with Gasteiger partial charge < -0.3 is 14.8 Å². The molecule has 0 bridgehead atoms. The summed E-state index contributed by atoms with van der Waals surface area (Å²) in [4.78, 5) is 14.8. The van der Waals surface area contributed by atoms with Crippen molar-refractivity contribution >= 4 is 5.91 Å². The smallest absolute Gasteiger partial charge is 0.237 e. The second kappa shape index (κ2) is 9.38. The van der Waals surface area contributed by atoms with E-state index in [1.807, 2.05) is 6.92 Å². The Morgan fingerprint density at radius 2 is 1.95 bits per heavy atom. The number of nitrogens with zero attached hydrogens (tertiary/aromatic N) is 1. The van der Waals surface area contributed by atoms with E-state index in [-0.39, 0.29) is 30.1 Å². The molecule has 0 aromatic carbocycles. The Hall–Kier alpha value is -0.650. The van der Waals surface area contributed by atoms with Gasteiger partial charge in [0.1, 0.15) is 0 Å². The molecule has 21 heavy (non-hydrogen) atoms. The molecule has 0 aliphatic carbocycles. The van der Waals surface area contributed by atoms with E-state index in [4.69, 9.17) is 9.47 Å². The van der Waals surface area contributed by atoms with Gasteiger partial charge in [-0.05, 0) is 33.1 Å². The third-order valence-electron chi connectivity index (χ3n) is 3.71. The van der Waals surface area contributed by atoms with Gasteiger partial charge in [-0.3, -0.25) is 9.69 Å². The van der Waals surface area contributed by atoms with Gasteiger partial charge in [0.2, 0.25) is 5.91 Å². The van der Waals surface area contributed by atoms with Gasteiger partial charge in [-0.25, -0.2) is 0 Å². The van der Waals surface area contributed by atoms with Crippen molar-refractivity contribution in [3.8, 4) is 0 Å². The molecule has 1 fully saturated rings. The van der Waals surface area contributed by atoms with E-state index in [2.05, 4.69) is 37.9 Å². The van der Waals surface area contributed by atoms with Gasteiger partial charge in [-0.2, -0.15) is 0 Å². The first-order valence-corrected chi connectivity index (χ1v) is 8.20. The summed E-state index contributed by atoms with van der Waals surface area (Å²) in [5, 5.41) is 3.05. The van der Waals surface area contributed by atoms with E-state index >= 15 is 0 Å². The van der Waals surface area contributed by atoms with Crippen LogP contribution in [0, 0.1) is 5.92 Å². The predicted molar refractivity (Wildman–Crippen MR) is 84.3 cm³/mol. The number of morpholine rings is 1. The standard InChI is InChI=1S/C16H32N2O3/c1-6-20-9-7-8-17-16(19)15(12(2)3)18-10-13(4)21-14(5)11-18/h12-15H,6-11H2,1-5H3,(H,17,19). The molecule has 5 nitrogen and oxygen atoms in total. The predicted octanol–water partition coefficient (Wildman–Crippen LogP) is 1.66. The third kappa shape index (κ3) is 6.32. The molecule has 3 atom stereocenters. The molecule has 1 N–H and O–H groups in total. The largest absolute Gasteiger partial charge is 0.382 e. The average molecular weight is 300 g/mol. The summed E-state index contributed by atoms with van der Waals surface area (Å²) in [7, 11) is 0. The zero-order valence-corrected chi connectivity index (χ0v) is 14.2. The first-order valence-electron chi connectivity index (χ1n) is 8.20. The Labute approximate surface area is 129 Å². The number of carbonyl (C=O) groups excluding carboxylic acids is 1. The highest BCUT2D eigenvalue weighted by atomic mass is 16.5. The quantitative estimate of drug-likeness (QED) is 0.693. The average Bonchev–Trinajstić information content (AvgIpc) is 2.37. The van der Waals surface area contributed by atoms with Crippen LogP contribution in [0.5, 0.6) is 0 Å². The van der Waals surface area contributed by atoms with Crippen molar-refractivity contribution in [3.63, 3.8) is 0 Å². The van der Waals surface area contributed by atoms with Crippen LogP contribution in [-0.2, 0) is 14.3 Å². The molecule has 0 radical (unpaired) electrons. The van der Waals surface area contributed by atoms with E-state index in [0.717, 1.165) is 26.1 Å². The van der Waals surface area contributed by atoms with E-state index in [0.29, 0.717) is 13.2 Å². The van der Waals surface area contributed by atoms with Gasteiger partial charge in [0.25, 0.3) is 0 Å². The van der Waals surface area contributed by atoms with Crippen molar-refractivity contribution in [2.45, 2.75) is 59.3 Å². The molecular weight excluding hydrogens is 268 g/mol. The second-order valence-corrected chi connectivity index (χ2v) is 6.24. The number of nitrogens with one attached hydrogen (secondary N) is 1. The molecule has 1 aliphatic heterocycles. The molecule has 1 rings (SSSR count). The number of rotatable bonds is 8. The Bertz CT molecular complexity index is 300. The molecule has 1 heterocycles. The highest BCUT2D eigenvalue weighted by Gasteiger charge is 2.33. The maximum Gasteiger partial charge on any atom is 0.237 e. The monoisotopic (exact) mass is 300 g/mol. The molecule has 1 aliphatic rings. The van der Waals surface area contributed by atoms with Crippen LogP contribution in [0.4, 0.5) is 0 Å². The lowest BCUT2D eigenvalue weighted by Gasteiger charge is -2.41. The molecule has 0 aromatic heterocycles. The second-order valence-electron chi connectivity index (χ2n) is 6.24. The minimum Gasteiger partial charge on any atom is -0.382 e. The highest BCUT2D eigenvalue weighted by molar-refractivity contribution is 5.82. The molecule has 0 aromatic rings. The summed E-state index contributed by atoms with van der Waals surface area (Å²) in [6.07, 6.45) is 1.22. The molecule has 1 amide bonds. The third-order valence-corrected chi connectivity index (χ3v) is 3.71. The SMILES string of the molecule is CCOCCCNC(=O)C(C(C)C)N1CC(C)OC(C)C1. The van der Waals surface area contributed by atoms with E-state index in [9.17, 15) is 4.79 Å². The Morgan fingerprint density at radius 1 is 1.33 bits per heavy atom. The van der Waals surface area contributed by atoms with Crippen LogP contribution in [0.3, 0.4) is 0 Å². The molecular formula is C16H32N2O3. The summed E-state index contributed by atoms with van der Waals surface area (Å²) in [6, 6.07) is -0.0779. The topological polar surface area (TPSA) is 50.8 Å². The maximum absolute atomic E-state index is 12.5. The van der Waals surface area contributed by atoms with Crippen molar-refractivity contribution in [3.05, 3.63) is 0 Å². The van der Waals surface area contributed by atoms with Crippen LogP contribution in [0.15, 0.2) is 0 Å². The molecule has 3 unspecified atom stereocenters. The first-order chi connectivity index (χ1) is 9.95.